The number of nitro groups is 2. The van der Waals surface area contributed by atoms with Crippen LogP contribution >= 0.6 is 11.6 Å². The topological polar surface area (TPSA) is 128 Å². The van der Waals surface area contributed by atoms with E-state index in [1.165, 1.54) is 18.2 Å². The van der Waals surface area contributed by atoms with Crippen LogP contribution in [-0.4, -0.2) is 21.3 Å². The predicted octanol–water partition coefficient (Wildman–Crippen LogP) is 3.76. The monoisotopic (exact) mass is 337 g/mol. The third kappa shape index (κ3) is 3.71. The predicted molar refractivity (Wildman–Crippen MR) is 80.7 cm³/mol. The lowest BCUT2D eigenvalue weighted by Gasteiger charge is -2.09. The summed E-state index contributed by atoms with van der Waals surface area (Å²) in [6.45, 7) is 0. The van der Waals surface area contributed by atoms with Crippen LogP contribution in [0.5, 0.6) is 11.5 Å². The maximum absolute atomic E-state index is 11.1. The highest BCUT2D eigenvalue weighted by Crippen LogP contribution is 2.35. The van der Waals surface area contributed by atoms with Gasteiger partial charge < -0.3 is 9.94 Å². The Bertz CT molecular complexity index is 808. The molecule has 0 fully saturated rings. The molecule has 0 heterocycles. The lowest BCUT2D eigenvalue weighted by atomic mass is 10.2. The second-order valence-electron chi connectivity index (χ2n) is 4.20. The highest BCUT2D eigenvalue weighted by Gasteiger charge is 2.21. The number of non-ortho nitro benzene ring substituents is 1. The number of hydrogen-bond donors (Lipinski definition) is 1. The quantitative estimate of drug-likeness (QED) is 0.383. The molecule has 9 nitrogen and oxygen atoms in total. The SMILES string of the molecule is O=[N+]([O-])c1ccc(Oc2ccc(Cl)cc2/C=N\O)c([N+](=O)[O-])c1. The molecule has 0 radical (unpaired) electrons. The van der Waals surface area contributed by atoms with Crippen molar-refractivity contribution in [2.24, 2.45) is 5.16 Å². The Balaban J connectivity index is 2.48. The van der Waals surface area contributed by atoms with Gasteiger partial charge in [0.15, 0.2) is 0 Å². The van der Waals surface area contributed by atoms with Crippen molar-refractivity contribution in [2.45, 2.75) is 0 Å². The molecular formula is C13H8ClN3O6. The molecule has 2 aromatic rings. The van der Waals surface area contributed by atoms with Gasteiger partial charge in [-0.3, -0.25) is 20.2 Å². The molecule has 0 saturated heterocycles. The first-order valence-corrected chi connectivity index (χ1v) is 6.38. The van der Waals surface area contributed by atoms with E-state index in [1.807, 2.05) is 0 Å². The first kappa shape index (κ1) is 16.2. The number of nitro benzene ring substituents is 2. The average Bonchev–Trinajstić information content (AvgIpc) is 2.50. The fraction of sp³-hybridized carbons (Fsp3) is 0. The molecule has 0 aliphatic heterocycles. The zero-order valence-corrected chi connectivity index (χ0v) is 12.0. The van der Waals surface area contributed by atoms with E-state index in [0.29, 0.717) is 5.02 Å². The van der Waals surface area contributed by atoms with Crippen LogP contribution in [-0.2, 0) is 0 Å². The third-order valence-corrected chi connectivity index (χ3v) is 2.97. The molecule has 0 amide bonds. The lowest BCUT2D eigenvalue weighted by Crippen LogP contribution is -1.97. The summed E-state index contributed by atoms with van der Waals surface area (Å²) >= 11 is 5.81. The molecule has 0 aliphatic rings. The van der Waals surface area contributed by atoms with E-state index in [9.17, 15) is 20.2 Å². The molecule has 0 spiro atoms. The normalized spacial score (nSPS) is 10.7. The van der Waals surface area contributed by atoms with Gasteiger partial charge in [-0.05, 0) is 24.3 Å². The molecule has 23 heavy (non-hydrogen) atoms. The van der Waals surface area contributed by atoms with Gasteiger partial charge in [-0.25, -0.2) is 0 Å². The molecule has 118 valence electrons. The van der Waals surface area contributed by atoms with Crippen LogP contribution in [0, 0.1) is 20.2 Å². The van der Waals surface area contributed by atoms with E-state index in [4.69, 9.17) is 21.5 Å². The minimum Gasteiger partial charge on any atom is -0.449 e. The summed E-state index contributed by atoms with van der Waals surface area (Å²) in [5.41, 5.74) is -0.731. The van der Waals surface area contributed by atoms with Crippen LogP contribution < -0.4 is 4.74 Å². The van der Waals surface area contributed by atoms with E-state index in [0.717, 1.165) is 24.4 Å². The van der Waals surface area contributed by atoms with Crippen molar-refractivity contribution in [2.75, 3.05) is 0 Å². The third-order valence-electron chi connectivity index (χ3n) is 2.74. The molecule has 2 aromatic carbocycles. The molecule has 0 bridgehead atoms. The van der Waals surface area contributed by atoms with E-state index >= 15 is 0 Å². The molecule has 2 rings (SSSR count). The summed E-state index contributed by atoms with van der Waals surface area (Å²) in [5, 5.41) is 33.6. The number of oxime groups is 1. The van der Waals surface area contributed by atoms with Crippen LogP contribution in [0.15, 0.2) is 41.6 Å². The van der Waals surface area contributed by atoms with E-state index in [2.05, 4.69) is 5.16 Å². The minimum absolute atomic E-state index is 0.129. The molecule has 0 unspecified atom stereocenters. The van der Waals surface area contributed by atoms with Crippen LogP contribution in [0.3, 0.4) is 0 Å². The van der Waals surface area contributed by atoms with Gasteiger partial charge in [0.25, 0.3) is 5.69 Å². The summed E-state index contributed by atoms with van der Waals surface area (Å²) in [4.78, 5) is 20.2. The summed E-state index contributed by atoms with van der Waals surface area (Å²) < 4.78 is 5.42. The maximum atomic E-state index is 11.1. The van der Waals surface area contributed by atoms with Crippen molar-refractivity contribution in [3.63, 3.8) is 0 Å². The van der Waals surface area contributed by atoms with E-state index in [-0.39, 0.29) is 17.1 Å². The molecule has 10 heteroatoms. The van der Waals surface area contributed by atoms with Crippen molar-refractivity contribution in [3.05, 3.63) is 67.2 Å². The van der Waals surface area contributed by atoms with Gasteiger partial charge in [0.05, 0.1) is 22.1 Å². The Kier molecular flexibility index (Phi) is 4.72. The second kappa shape index (κ2) is 6.71. The van der Waals surface area contributed by atoms with Crippen LogP contribution in [0.2, 0.25) is 5.02 Å². The minimum atomic E-state index is -0.794. The van der Waals surface area contributed by atoms with Crippen molar-refractivity contribution in [3.8, 4) is 11.5 Å². The van der Waals surface area contributed by atoms with Gasteiger partial charge in [-0.15, -0.1) is 0 Å². The number of nitrogens with zero attached hydrogens (tertiary/aromatic N) is 3. The second-order valence-corrected chi connectivity index (χ2v) is 4.63. The molecule has 0 aliphatic carbocycles. The fourth-order valence-corrected chi connectivity index (χ4v) is 1.92. The molecule has 0 saturated carbocycles. The molecule has 0 aromatic heterocycles. The van der Waals surface area contributed by atoms with Gasteiger partial charge >= 0.3 is 5.69 Å². The van der Waals surface area contributed by atoms with E-state index < -0.39 is 21.2 Å². The largest absolute Gasteiger partial charge is 0.449 e. The van der Waals surface area contributed by atoms with Crippen LogP contribution in [0.4, 0.5) is 11.4 Å². The zero-order valence-electron chi connectivity index (χ0n) is 11.2. The number of halogens is 1. The lowest BCUT2D eigenvalue weighted by molar-refractivity contribution is -0.394. The number of ether oxygens (including phenoxy) is 1. The standard InChI is InChI=1S/C13H8ClN3O6/c14-9-1-3-12(8(5-9)7-15-18)23-13-4-2-10(16(19)20)6-11(13)17(21)22/h1-7,18H/b15-7-. The number of hydrogen-bond acceptors (Lipinski definition) is 7. The Hall–Kier alpha value is -3.20. The van der Waals surface area contributed by atoms with Crippen molar-refractivity contribution >= 4 is 29.2 Å². The highest BCUT2D eigenvalue weighted by molar-refractivity contribution is 6.30. The average molecular weight is 338 g/mol. The zero-order chi connectivity index (χ0) is 17.0. The van der Waals surface area contributed by atoms with Crippen molar-refractivity contribution in [1.29, 1.82) is 0 Å². The summed E-state index contributed by atoms with van der Waals surface area (Å²) in [6, 6.07) is 7.31. The number of rotatable bonds is 5. The van der Waals surface area contributed by atoms with Crippen molar-refractivity contribution in [1.82, 2.24) is 0 Å². The van der Waals surface area contributed by atoms with Crippen molar-refractivity contribution < 1.29 is 19.8 Å². The first-order valence-electron chi connectivity index (χ1n) is 6.00. The molecular weight excluding hydrogens is 330 g/mol. The van der Waals surface area contributed by atoms with Crippen LogP contribution in [0.25, 0.3) is 0 Å². The van der Waals surface area contributed by atoms with Gasteiger partial charge in [-0.1, -0.05) is 16.8 Å². The Morgan fingerprint density at radius 2 is 1.78 bits per heavy atom. The van der Waals surface area contributed by atoms with Gasteiger partial charge in [0.1, 0.15) is 5.75 Å². The summed E-state index contributed by atoms with van der Waals surface area (Å²) in [5.74, 6) is -0.0698. The molecule has 0 atom stereocenters. The van der Waals surface area contributed by atoms with Gasteiger partial charge in [0.2, 0.25) is 5.75 Å². The van der Waals surface area contributed by atoms with Gasteiger partial charge in [-0.2, -0.15) is 0 Å². The smallest absolute Gasteiger partial charge is 0.318 e. The summed E-state index contributed by atoms with van der Waals surface area (Å²) in [7, 11) is 0. The van der Waals surface area contributed by atoms with Gasteiger partial charge in [0, 0.05) is 16.7 Å². The van der Waals surface area contributed by atoms with Crippen LogP contribution in [0.1, 0.15) is 5.56 Å². The highest BCUT2D eigenvalue weighted by atomic mass is 35.5. The number of benzene rings is 2. The summed E-state index contributed by atoms with van der Waals surface area (Å²) in [6.07, 6.45) is 1.04. The fourth-order valence-electron chi connectivity index (χ4n) is 1.74. The Labute approximate surface area is 133 Å². The Morgan fingerprint density at radius 1 is 1.09 bits per heavy atom. The first-order chi connectivity index (χ1) is 10.9. The maximum Gasteiger partial charge on any atom is 0.318 e. The Morgan fingerprint density at radius 3 is 2.39 bits per heavy atom. The molecule has 1 N–H and O–H groups in total. The van der Waals surface area contributed by atoms with E-state index in [1.54, 1.807) is 0 Å².